The Labute approximate surface area is 131 Å². The maximum atomic E-state index is 3.72. The average Bonchev–Trinajstić information content (AvgIpc) is 3.05. The van der Waals surface area contributed by atoms with Gasteiger partial charge in [-0.3, -0.25) is 12.2 Å². The first-order chi connectivity index (χ1) is 8.84. The van der Waals surface area contributed by atoms with Crippen molar-refractivity contribution in [2.45, 2.75) is 19.3 Å². The first-order valence-corrected chi connectivity index (χ1v) is 6.24. The van der Waals surface area contributed by atoms with E-state index < -0.39 is 0 Å². The second-order valence-corrected chi connectivity index (χ2v) is 4.28. The van der Waals surface area contributed by atoms with Gasteiger partial charge in [-0.15, -0.1) is 25.0 Å². The van der Waals surface area contributed by atoms with Crippen LogP contribution in [0.25, 0.3) is 0 Å². The van der Waals surface area contributed by atoms with Gasteiger partial charge in [-0.25, -0.2) is 23.3 Å². The topological polar surface area (TPSA) is 0 Å². The molecule has 93 valence electrons. The zero-order chi connectivity index (χ0) is 12.6. The van der Waals surface area contributed by atoms with E-state index in [9.17, 15) is 0 Å². The first-order valence-electron chi connectivity index (χ1n) is 6.24. The Kier molecular flexibility index (Phi) is 7.32. The molecule has 0 fully saturated rings. The second-order valence-electron chi connectivity index (χ2n) is 4.28. The SMILES string of the molecule is [C-]1=C(CC2=[C-]CC=C2)C=CC1.[CH2-]c1ccccc1.[Ti+3]. The molecule has 0 aliphatic heterocycles. The molecule has 1 heteroatoms. The van der Waals surface area contributed by atoms with Gasteiger partial charge in [0.1, 0.15) is 0 Å². The number of hydrogen-bond acceptors (Lipinski definition) is 0. The zero-order valence-electron chi connectivity index (χ0n) is 11.0. The van der Waals surface area contributed by atoms with E-state index in [-0.39, 0.29) is 21.7 Å². The zero-order valence-corrected chi connectivity index (χ0v) is 12.6. The van der Waals surface area contributed by atoms with Crippen LogP contribution in [-0.4, -0.2) is 0 Å². The molecule has 0 atom stereocenters. The molecule has 1 aromatic rings. The summed E-state index contributed by atoms with van der Waals surface area (Å²) in [7, 11) is 0. The molecule has 1 radical (unpaired) electrons. The number of rotatable bonds is 2. The number of hydrogen-bond donors (Lipinski definition) is 0. The molecule has 2 aliphatic carbocycles. The summed E-state index contributed by atoms with van der Waals surface area (Å²) < 4.78 is 0. The van der Waals surface area contributed by atoms with E-state index in [4.69, 9.17) is 0 Å². The van der Waals surface area contributed by atoms with Crippen molar-refractivity contribution in [1.29, 1.82) is 0 Å². The summed E-state index contributed by atoms with van der Waals surface area (Å²) in [6.07, 6.45) is 18.2. The molecule has 0 spiro atoms. The maximum absolute atomic E-state index is 3.72. The Balaban J connectivity index is 0.000000198. The van der Waals surface area contributed by atoms with Gasteiger partial charge in [-0.05, 0) is 0 Å². The third-order valence-electron chi connectivity index (χ3n) is 2.76. The molecule has 0 bridgehead atoms. The monoisotopic (exact) mass is 281 g/mol. The van der Waals surface area contributed by atoms with E-state index in [2.05, 4.69) is 43.4 Å². The Hall–Kier alpha value is -1.24. The summed E-state index contributed by atoms with van der Waals surface area (Å²) in [5.74, 6) is 0. The van der Waals surface area contributed by atoms with Crippen molar-refractivity contribution in [3.63, 3.8) is 0 Å². The van der Waals surface area contributed by atoms with Crippen LogP contribution in [0.2, 0.25) is 0 Å². The van der Waals surface area contributed by atoms with Crippen molar-refractivity contribution >= 4 is 0 Å². The molecule has 19 heavy (non-hydrogen) atoms. The fourth-order valence-corrected chi connectivity index (χ4v) is 1.83. The molecule has 0 saturated carbocycles. The summed E-state index contributed by atoms with van der Waals surface area (Å²) in [6, 6.07) is 9.87. The van der Waals surface area contributed by atoms with Crippen molar-refractivity contribution in [2.24, 2.45) is 0 Å². The average molecular weight is 281 g/mol. The van der Waals surface area contributed by atoms with Gasteiger partial charge in [-0.1, -0.05) is 12.5 Å². The second kappa shape index (κ2) is 8.80. The molecule has 1 aromatic carbocycles. The van der Waals surface area contributed by atoms with Gasteiger partial charge in [0.05, 0.1) is 0 Å². The Morgan fingerprint density at radius 3 is 1.74 bits per heavy atom. The van der Waals surface area contributed by atoms with Crippen LogP contribution >= 0.6 is 0 Å². The van der Waals surface area contributed by atoms with E-state index in [1.165, 1.54) is 11.1 Å². The van der Waals surface area contributed by atoms with Crippen molar-refractivity contribution in [1.82, 2.24) is 0 Å². The van der Waals surface area contributed by atoms with E-state index in [0.29, 0.717) is 0 Å². The van der Waals surface area contributed by atoms with Crippen LogP contribution in [0.15, 0.2) is 65.8 Å². The molecular formula is C18H17Ti. The van der Waals surface area contributed by atoms with Crippen LogP contribution in [0.4, 0.5) is 0 Å². The van der Waals surface area contributed by atoms with Gasteiger partial charge in [0.15, 0.2) is 0 Å². The van der Waals surface area contributed by atoms with Crippen LogP contribution in [0.3, 0.4) is 0 Å². The van der Waals surface area contributed by atoms with Gasteiger partial charge in [0, 0.05) is 0 Å². The van der Waals surface area contributed by atoms with Crippen LogP contribution in [0.1, 0.15) is 24.8 Å². The molecule has 0 N–H and O–H groups in total. The number of benzene rings is 1. The Morgan fingerprint density at radius 2 is 1.42 bits per heavy atom. The molecule has 0 amide bonds. The van der Waals surface area contributed by atoms with Gasteiger partial charge >= 0.3 is 21.7 Å². The van der Waals surface area contributed by atoms with E-state index >= 15 is 0 Å². The molecule has 0 unspecified atom stereocenters. The van der Waals surface area contributed by atoms with E-state index in [1.54, 1.807) is 0 Å². The van der Waals surface area contributed by atoms with Gasteiger partial charge in [0.25, 0.3) is 0 Å². The molecule has 0 nitrogen and oxygen atoms in total. The van der Waals surface area contributed by atoms with Gasteiger partial charge < -0.3 is 0 Å². The summed E-state index contributed by atoms with van der Waals surface area (Å²) in [6.45, 7) is 3.72. The molecule has 0 heterocycles. The van der Waals surface area contributed by atoms with E-state index in [1.807, 2.05) is 30.3 Å². The van der Waals surface area contributed by atoms with Crippen molar-refractivity contribution in [3.05, 3.63) is 90.4 Å². The van der Waals surface area contributed by atoms with Gasteiger partial charge in [-0.2, -0.15) is 36.8 Å². The first kappa shape index (κ1) is 15.8. The molecular weight excluding hydrogens is 264 g/mol. The summed E-state index contributed by atoms with van der Waals surface area (Å²) in [5, 5.41) is 0. The van der Waals surface area contributed by atoms with Crippen LogP contribution in [-0.2, 0) is 21.7 Å². The largest absolute Gasteiger partial charge is 3.00 e. The number of allylic oxidation sites excluding steroid dienone is 8. The predicted molar refractivity (Wildman–Crippen MR) is 76.5 cm³/mol. The van der Waals surface area contributed by atoms with Crippen molar-refractivity contribution in [2.75, 3.05) is 0 Å². The van der Waals surface area contributed by atoms with Crippen LogP contribution in [0, 0.1) is 19.1 Å². The quantitative estimate of drug-likeness (QED) is 0.548. The smallest absolute Gasteiger partial charge is 0.269 e. The van der Waals surface area contributed by atoms with Crippen LogP contribution < -0.4 is 0 Å². The summed E-state index contributed by atoms with van der Waals surface area (Å²) in [5.41, 5.74) is 3.71. The molecule has 2 aliphatic rings. The van der Waals surface area contributed by atoms with Crippen molar-refractivity contribution < 1.29 is 21.7 Å². The standard InChI is InChI=1S/C11H10.C7H7.Ti/c1-2-6-10(5-1)9-11-7-3-4-8-11;1-7-5-3-2-4-6-7;/h1,3,5,7H,2,4,9H2;2-6H,1H2;/q-2;-1;+3. The molecule has 3 rings (SSSR count). The Morgan fingerprint density at radius 1 is 0.895 bits per heavy atom. The minimum Gasteiger partial charge on any atom is -0.269 e. The fraction of sp³-hybridized carbons (Fsp3) is 0.167. The third-order valence-corrected chi connectivity index (χ3v) is 2.76. The fourth-order valence-electron chi connectivity index (χ4n) is 1.83. The summed E-state index contributed by atoms with van der Waals surface area (Å²) >= 11 is 0. The van der Waals surface area contributed by atoms with Crippen molar-refractivity contribution in [3.8, 4) is 0 Å². The summed E-state index contributed by atoms with van der Waals surface area (Å²) in [4.78, 5) is 0. The predicted octanol–water partition coefficient (Wildman–Crippen LogP) is 4.62. The van der Waals surface area contributed by atoms with Crippen LogP contribution in [0.5, 0.6) is 0 Å². The molecule has 0 saturated heterocycles. The minimum atomic E-state index is 0. The van der Waals surface area contributed by atoms with Gasteiger partial charge in [0.2, 0.25) is 0 Å². The van der Waals surface area contributed by atoms with E-state index in [0.717, 1.165) is 24.8 Å². The molecule has 0 aromatic heterocycles. The maximum Gasteiger partial charge on any atom is 3.00 e. The normalized spacial score (nSPS) is 15.2. The third kappa shape index (κ3) is 5.96. The minimum absolute atomic E-state index is 0. The Bertz CT molecular complexity index is 462.